The number of aliphatic carboxylic acids is 1. The predicted molar refractivity (Wildman–Crippen MR) is 397 cm³/mol. The second kappa shape index (κ2) is 49.4. The van der Waals surface area contributed by atoms with Gasteiger partial charge in [-0.05, 0) is 151 Å². The Morgan fingerprint density at radius 3 is 1.64 bits per heavy atom. The Kier molecular flexibility index (Phi) is 43.7. The predicted octanol–water partition coefficient (Wildman–Crippen LogP) is -0.332. The van der Waals surface area contributed by atoms with Gasteiger partial charge in [0.15, 0.2) is 23.3 Å². The van der Waals surface area contributed by atoms with Crippen molar-refractivity contribution < 1.29 is 82.8 Å². The summed E-state index contributed by atoms with van der Waals surface area (Å²) in [4.78, 5) is 187. The number of Topliss-reactive ketones (excluding diaryl/α,β-unsaturated/α-hetero) is 3. The summed E-state index contributed by atoms with van der Waals surface area (Å²) in [5.74, 6) is -15.9. The number of hydrogen-bond acceptors (Lipinski definition) is 21. The number of amides is 9. The molecule has 34 heteroatoms. The van der Waals surface area contributed by atoms with Crippen LogP contribution in [0.4, 0.5) is 0 Å². The number of carboxylic acid groups (broad SMARTS) is 1. The fourth-order valence-corrected chi connectivity index (χ4v) is 12.6. The number of carboxylic acids is 1. The number of nitrogens with zero attached hydrogens (tertiary/aromatic N) is 2. The molecule has 24 N–H and O–H groups in total. The molecule has 9 amide bonds. The second-order valence-electron chi connectivity index (χ2n) is 28.2. The highest BCUT2D eigenvalue weighted by atomic mass is 32.2. The smallest absolute Gasteiger partial charge is 0.305 e. The number of aromatic hydroxyl groups is 1. The molecule has 592 valence electrons. The van der Waals surface area contributed by atoms with E-state index in [2.05, 4.69) is 42.2 Å². The van der Waals surface area contributed by atoms with Crippen LogP contribution in [0.3, 0.4) is 0 Å². The van der Waals surface area contributed by atoms with Crippen LogP contribution >= 0.6 is 11.8 Å². The summed E-state index contributed by atoms with van der Waals surface area (Å²) in [5.41, 5.74) is 34.2. The lowest BCUT2D eigenvalue weighted by atomic mass is 9.88. The van der Waals surface area contributed by atoms with E-state index in [-0.39, 0.29) is 138 Å². The summed E-state index contributed by atoms with van der Waals surface area (Å²) in [6.07, 6.45) is 1.29. The van der Waals surface area contributed by atoms with Crippen LogP contribution < -0.4 is 71.6 Å². The largest absolute Gasteiger partial charge is 0.508 e. The van der Waals surface area contributed by atoms with Gasteiger partial charge in [0.05, 0.1) is 49.0 Å². The molecule has 1 unspecified atom stereocenters. The average molecular weight is 1500 g/mol. The molecule has 0 bridgehead atoms. The number of rotatable bonds is 55. The van der Waals surface area contributed by atoms with Gasteiger partial charge >= 0.3 is 5.97 Å². The maximum absolute atomic E-state index is 14.6. The summed E-state index contributed by atoms with van der Waals surface area (Å²) in [6, 6.07) is -5.24. The first-order valence-corrected chi connectivity index (χ1v) is 37.8. The third-order valence-corrected chi connectivity index (χ3v) is 18.8. The number of aliphatic hydroxyl groups excluding tert-OH is 2. The second-order valence-corrected chi connectivity index (χ2v) is 29.1. The van der Waals surface area contributed by atoms with Crippen LogP contribution in [0.2, 0.25) is 0 Å². The fourth-order valence-electron chi connectivity index (χ4n) is 12.2. The minimum Gasteiger partial charge on any atom is -0.508 e. The summed E-state index contributed by atoms with van der Waals surface area (Å²) >= 11 is 1.27. The monoisotopic (exact) mass is 1500 g/mol. The van der Waals surface area contributed by atoms with Gasteiger partial charge in [0.2, 0.25) is 53.2 Å². The van der Waals surface area contributed by atoms with E-state index in [1.165, 1.54) is 40.9 Å². The van der Waals surface area contributed by atoms with Crippen LogP contribution in [-0.4, -0.2) is 213 Å². The molecule has 2 rings (SSSR count). The Hall–Kier alpha value is -8.34. The lowest BCUT2D eigenvalue weighted by Crippen LogP contribution is -2.59. The number of nitrogens with two attached hydrogens (primary N) is 6. The summed E-state index contributed by atoms with van der Waals surface area (Å²) in [7, 11) is 0. The first kappa shape index (κ1) is 92.7. The van der Waals surface area contributed by atoms with Crippen LogP contribution in [0.1, 0.15) is 182 Å². The highest BCUT2D eigenvalue weighted by Crippen LogP contribution is 2.25. The van der Waals surface area contributed by atoms with E-state index >= 15 is 0 Å². The van der Waals surface area contributed by atoms with E-state index in [9.17, 15) is 82.8 Å². The summed E-state index contributed by atoms with van der Waals surface area (Å²) in [6.45, 7) is 10.2. The van der Waals surface area contributed by atoms with Crippen LogP contribution in [0.25, 0.3) is 0 Å². The van der Waals surface area contributed by atoms with Crippen molar-refractivity contribution >= 4 is 100 Å². The van der Waals surface area contributed by atoms with Gasteiger partial charge in [-0.25, -0.2) is 0 Å². The number of nitrogens with one attached hydrogen (secondary N) is 8. The molecule has 0 saturated carbocycles. The number of phenolic OH excluding ortho intramolecular Hbond substituents is 1. The van der Waals surface area contributed by atoms with E-state index in [0.717, 1.165) is 19.8 Å². The Bertz CT molecular complexity index is 3050. The SMILES string of the molecule is CSCC[C@H](NC(=O)[C@H](CO)NC(=O)[C@H](CCCCC(=N)N)NC(=O)C1CCCN1C(=O)[C@H](CC(C)C)NC(=O)[C@@H](C)CCCCN)C(=O)C[C@H](C(=O)N[C@@H](CC(=O)O)C(=O)C[C@@H](CCCCN)C(=O)N[C@@H](Cc1ccc(O)cc1)C(=O)C[C@@H](CCCN=C(N)N)C(=O)N[C@@H](CC(C)C)C(N)=O)[C@@H](C)O. The number of unbranched alkanes of at least 4 members (excludes halogenated alkanes) is 3. The Morgan fingerprint density at radius 2 is 1.10 bits per heavy atom. The van der Waals surface area contributed by atoms with Crippen molar-refractivity contribution in [3.63, 3.8) is 0 Å². The fraction of sp³-hybridized carbons (Fsp3) is 0.704. The maximum Gasteiger partial charge on any atom is 0.305 e. The van der Waals surface area contributed by atoms with Crippen molar-refractivity contribution in [1.82, 2.24) is 42.1 Å². The number of ketones is 3. The first-order valence-electron chi connectivity index (χ1n) is 36.4. The maximum atomic E-state index is 14.6. The molecule has 1 aliphatic heterocycles. The summed E-state index contributed by atoms with van der Waals surface area (Å²) < 4.78 is 0. The molecule has 1 saturated heterocycles. The molecule has 0 radical (unpaired) electrons. The Labute approximate surface area is 620 Å². The van der Waals surface area contributed by atoms with E-state index in [1.807, 2.05) is 27.7 Å². The lowest BCUT2D eigenvalue weighted by molar-refractivity contribution is -0.143. The number of aliphatic hydroxyl groups is 2. The van der Waals surface area contributed by atoms with Crippen LogP contribution in [0, 0.1) is 40.9 Å². The minimum absolute atomic E-state index is 0.0262. The number of guanidine groups is 1. The van der Waals surface area contributed by atoms with Gasteiger partial charge < -0.3 is 96.9 Å². The molecule has 0 spiro atoms. The number of aliphatic imine (C=N–C) groups is 1. The zero-order chi connectivity index (χ0) is 79.0. The normalized spacial score (nSPS) is 16.2. The number of thioether (sulfide) groups is 1. The van der Waals surface area contributed by atoms with Crippen molar-refractivity contribution in [2.24, 2.45) is 74.9 Å². The molecule has 33 nitrogen and oxygen atoms in total. The number of primary amides is 1. The highest BCUT2D eigenvalue weighted by molar-refractivity contribution is 7.98. The number of phenols is 1. The third-order valence-electron chi connectivity index (χ3n) is 18.2. The molecule has 105 heavy (non-hydrogen) atoms. The standard InChI is InChI=1S/C71H120N16O17S/c1-40(2)32-53(62(76)96)84-65(99)46(18-14-29-79-71(77)78)36-57(91)51(34-44-22-24-47(90)25-23-44)82-64(98)45(17-11-13-28-73)35-58(92)52(38-61(94)95)83-66(100)48(43(6)89)37-59(93)49(26-31-105-7)80-68(102)55(39-88)86-67(101)50(19-8-9-21-60(74)75)81-69(103)56-20-15-30-87(56)70(104)54(33-41(3)4)85-63(97)42(5)16-10-12-27-72/h22-25,40-43,45-46,48-56,88-90H,8-21,26-39,72-73H2,1-7H3,(H3,74,75)(H2,76,96)(H,80,102)(H,81,103)(H,82,98)(H,83,100)(H,84,99)(H,85,97)(H,86,101)(H,94,95)(H4,77,78,79)/t42-,43+,45+,46+,48-,49-,50-,51-,52-,53-,54-,55-,56?/m0/s1. The van der Waals surface area contributed by atoms with Crippen molar-refractivity contribution in [2.75, 3.05) is 44.8 Å². The molecular formula is C71H120N16O17S. The minimum atomic E-state index is -1.88. The third kappa shape index (κ3) is 35.5. The number of likely N-dealkylation sites (tertiary alicyclic amines) is 1. The van der Waals surface area contributed by atoms with Gasteiger partial charge in [-0.2, -0.15) is 11.8 Å². The molecule has 1 aromatic rings. The quantitative estimate of drug-likeness (QED) is 0.0225. The van der Waals surface area contributed by atoms with Gasteiger partial charge in [-0.1, -0.05) is 66.0 Å². The molecule has 1 aromatic carbocycles. The van der Waals surface area contributed by atoms with E-state index < -0.39 is 181 Å². The number of benzene rings is 1. The molecule has 13 atom stereocenters. The first-order chi connectivity index (χ1) is 49.6. The van der Waals surface area contributed by atoms with E-state index in [1.54, 1.807) is 13.2 Å². The van der Waals surface area contributed by atoms with Crippen molar-refractivity contribution in [1.29, 1.82) is 5.41 Å². The zero-order valence-electron chi connectivity index (χ0n) is 62.1. The number of carbonyl (C=O) groups excluding carboxylic acids is 12. The Balaban J connectivity index is 2.48. The number of hydrogen-bond donors (Lipinski definition) is 18. The van der Waals surface area contributed by atoms with Crippen LogP contribution in [-0.2, 0) is 68.7 Å². The molecular weight excluding hydrogens is 1380 g/mol. The topological polar surface area (TPSA) is 583 Å². The number of amidine groups is 1. The van der Waals surface area contributed by atoms with E-state index in [0.29, 0.717) is 37.8 Å². The lowest BCUT2D eigenvalue weighted by Gasteiger charge is -2.31. The van der Waals surface area contributed by atoms with Crippen molar-refractivity contribution in [3.8, 4) is 5.75 Å². The van der Waals surface area contributed by atoms with Crippen LogP contribution in [0.5, 0.6) is 5.75 Å². The van der Waals surface area contributed by atoms with E-state index in [4.69, 9.17) is 39.8 Å². The van der Waals surface area contributed by atoms with Gasteiger partial charge in [-0.15, -0.1) is 0 Å². The van der Waals surface area contributed by atoms with Gasteiger partial charge in [-0.3, -0.25) is 72.7 Å². The van der Waals surface area contributed by atoms with Gasteiger partial charge in [0, 0.05) is 56.5 Å². The molecule has 1 fully saturated rings. The van der Waals surface area contributed by atoms with Gasteiger partial charge in [0.1, 0.15) is 36.0 Å². The average Bonchev–Trinajstić information content (AvgIpc) is 1.80. The zero-order valence-corrected chi connectivity index (χ0v) is 62.9. The molecule has 0 aromatic heterocycles. The summed E-state index contributed by atoms with van der Waals surface area (Å²) in [5, 5.41) is 67.9. The van der Waals surface area contributed by atoms with Gasteiger partial charge in [0.25, 0.3) is 0 Å². The Morgan fingerprint density at radius 1 is 0.581 bits per heavy atom. The van der Waals surface area contributed by atoms with Crippen molar-refractivity contribution in [3.05, 3.63) is 29.8 Å². The highest BCUT2D eigenvalue weighted by Gasteiger charge is 2.41. The molecule has 1 aliphatic rings. The number of carbonyl (C=O) groups is 13. The van der Waals surface area contributed by atoms with Crippen molar-refractivity contribution in [2.45, 2.75) is 237 Å². The molecule has 1 heterocycles. The van der Waals surface area contributed by atoms with Crippen LogP contribution in [0.15, 0.2) is 29.3 Å². The molecule has 0 aliphatic carbocycles.